The van der Waals surface area contributed by atoms with Crippen molar-refractivity contribution >= 4 is 11.9 Å². The van der Waals surface area contributed by atoms with E-state index >= 15 is 0 Å². The van der Waals surface area contributed by atoms with Crippen molar-refractivity contribution in [2.45, 2.75) is 353 Å². The summed E-state index contributed by atoms with van der Waals surface area (Å²) in [6, 6.07) is -0.538. The fraction of sp³-hybridized carbons (Fsp3) is 0.851. The summed E-state index contributed by atoms with van der Waals surface area (Å²) in [6.07, 6.45) is 80.1. The van der Waals surface area contributed by atoms with Gasteiger partial charge >= 0.3 is 5.97 Å². The standard InChI is InChI=1S/C67H125NO5/c1-3-5-7-9-11-13-14-15-38-41-45-49-53-57-61-67(72)73-62-58-54-50-46-42-39-36-34-32-30-28-26-24-22-20-18-16-17-19-21-23-25-27-29-31-33-35-37-40-44-48-52-56-60-66(71)68-64(63-69)65(70)59-55-51-47-43-12-10-8-6-4-2/h9,11,14-15,20,22,26,28,64-65,69-70H,3-8,10,12-13,16-19,21,23-25,27,29-63H2,1-2H3,(H,68,71)/b11-9-,15-14-,22-20-,28-26-. The third-order valence-electron chi connectivity index (χ3n) is 14.9. The molecule has 0 bridgehead atoms. The summed E-state index contributed by atoms with van der Waals surface area (Å²) in [5.74, 6) is -0.0358. The maximum Gasteiger partial charge on any atom is 0.305 e. The van der Waals surface area contributed by atoms with Gasteiger partial charge in [0, 0.05) is 12.8 Å². The number of carbonyl (C=O) groups is 2. The molecule has 0 aliphatic heterocycles. The Morgan fingerprint density at radius 2 is 0.699 bits per heavy atom. The van der Waals surface area contributed by atoms with Crippen LogP contribution in [0.3, 0.4) is 0 Å². The van der Waals surface area contributed by atoms with Gasteiger partial charge in [-0.05, 0) is 83.5 Å². The maximum atomic E-state index is 12.4. The van der Waals surface area contributed by atoms with Crippen LogP contribution >= 0.6 is 0 Å². The van der Waals surface area contributed by atoms with E-state index in [4.69, 9.17) is 4.74 Å². The minimum absolute atomic E-state index is 0.000840. The van der Waals surface area contributed by atoms with Crippen LogP contribution in [0.2, 0.25) is 0 Å². The fourth-order valence-electron chi connectivity index (χ4n) is 9.86. The normalized spacial score (nSPS) is 12.9. The molecule has 0 aliphatic rings. The molecule has 0 aromatic carbocycles. The van der Waals surface area contributed by atoms with Crippen molar-refractivity contribution in [3.05, 3.63) is 48.6 Å². The Bertz CT molecular complexity index is 1230. The summed E-state index contributed by atoms with van der Waals surface area (Å²) in [5.41, 5.74) is 0. The summed E-state index contributed by atoms with van der Waals surface area (Å²) in [6.45, 7) is 4.89. The van der Waals surface area contributed by atoms with Crippen molar-refractivity contribution in [1.82, 2.24) is 5.32 Å². The van der Waals surface area contributed by atoms with E-state index < -0.39 is 12.1 Å². The average molecular weight is 1020 g/mol. The zero-order valence-corrected chi connectivity index (χ0v) is 48.9. The van der Waals surface area contributed by atoms with E-state index in [-0.39, 0.29) is 18.5 Å². The first kappa shape index (κ1) is 70.8. The van der Waals surface area contributed by atoms with Gasteiger partial charge in [-0.1, -0.05) is 294 Å². The summed E-state index contributed by atoms with van der Waals surface area (Å²) in [7, 11) is 0. The van der Waals surface area contributed by atoms with E-state index in [1.165, 1.54) is 250 Å². The largest absolute Gasteiger partial charge is 0.466 e. The predicted octanol–water partition coefficient (Wildman–Crippen LogP) is 20.5. The molecule has 0 radical (unpaired) electrons. The number of esters is 1. The van der Waals surface area contributed by atoms with Crippen LogP contribution in [0.15, 0.2) is 48.6 Å². The highest BCUT2D eigenvalue weighted by atomic mass is 16.5. The van der Waals surface area contributed by atoms with Crippen LogP contribution in [0.4, 0.5) is 0 Å². The summed E-state index contributed by atoms with van der Waals surface area (Å²) < 4.78 is 5.47. The monoisotopic (exact) mass is 1020 g/mol. The van der Waals surface area contributed by atoms with Crippen molar-refractivity contribution in [3.63, 3.8) is 0 Å². The van der Waals surface area contributed by atoms with Gasteiger partial charge in [0.05, 0.1) is 25.4 Å². The lowest BCUT2D eigenvalue weighted by Gasteiger charge is -2.22. The van der Waals surface area contributed by atoms with Gasteiger partial charge in [-0.2, -0.15) is 0 Å². The molecule has 0 saturated carbocycles. The lowest BCUT2D eigenvalue weighted by atomic mass is 10.0. The van der Waals surface area contributed by atoms with E-state index in [2.05, 4.69) is 67.8 Å². The molecule has 0 spiro atoms. The molecule has 1 amide bonds. The average Bonchev–Trinajstić information content (AvgIpc) is 3.39. The SMILES string of the molecule is CCCC/C=C\C/C=C\CCCCCCCC(=O)OCCCCCCCCCCC/C=C\C/C=C\CCCCCCCCCCCCCCCCCCCC(=O)NC(CO)C(O)CCCCCCCCCCC. The molecule has 0 aromatic heterocycles. The van der Waals surface area contributed by atoms with Gasteiger partial charge in [-0.25, -0.2) is 0 Å². The van der Waals surface area contributed by atoms with Gasteiger partial charge in [-0.15, -0.1) is 0 Å². The second kappa shape index (κ2) is 62.4. The summed E-state index contributed by atoms with van der Waals surface area (Å²) >= 11 is 0. The van der Waals surface area contributed by atoms with Crippen molar-refractivity contribution in [2.24, 2.45) is 0 Å². The first-order chi connectivity index (χ1) is 36.0. The van der Waals surface area contributed by atoms with Crippen LogP contribution in [-0.4, -0.2) is 47.4 Å². The lowest BCUT2D eigenvalue weighted by Crippen LogP contribution is -2.45. The van der Waals surface area contributed by atoms with Crippen molar-refractivity contribution in [2.75, 3.05) is 13.2 Å². The maximum absolute atomic E-state index is 12.4. The predicted molar refractivity (Wildman–Crippen MR) is 319 cm³/mol. The molecular weight excluding hydrogens is 899 g/mol. The number of carbonyl (C=O) groups excluding carboxylic acids is 2. The third-order valence-corrected chi connectivity index (χ3v) is 14.9. The fourth-order valence-corrected chi connectivity index (χ4v) is 9.86. The van der Waals surface area contributed by atoms with Crippen LogP contribution in [-0.2, 0) is 14.3 Å². The van der Waals surface area contributed by atoms with E-state index in [0.29, 0.717) is 25.9 Å². The molecule has 2 atom stereocenters. The highest BCUT2D eigenvalue weighted by molar-refractivity contribution is 5.76. The van der Waals surface area contributed by atoms with Crippen LogP contribution < -0.4 is 5.32 Å². The molecule has 428 valence electrons. The molecule has 3 N–H and O–H groups in total. The number of nitrogens with one attached hydrogen (secondary N) is 1. The van der Waals surface area contributed by atoms with E-state index in [1.807, 2.05) is 0 Å². The molecule has 6 nitrogen and oxygen atoms in total. The molecular formula is C67H125NO5. The zero-order valence-electron chi connectivity index (χ0n) is 48.9. The number of rotatable bonds is 60. The first-order valence-electron chi connectivity index (χ1n) is 32.4. The molecule has 0 fully saturated rings. The molecule has 6 heteroatoms. The van der Waals surface area contributed by atoms with Gasteiger partial charge in [-0.3, -0.25) is 9.59 Å². The summed E-state index contributed by atoms with van der Waals surface area (Å²) in [5, 5.41) is 23.1. The van der Waals surface area contributed by atoms with Crippen molar-refractivity contribution in [1.29, 1.82) is 0 Å². The second-order valence-corrected chi connectivity index (χ2v) is 22.1. The van der Waals surface area contributed by atoms with Gasteiger partial charge in [0.1, 0.15) is 0 Å². The van der Waals surface area contributed by atoms with Gasteiger partial charge in [0.2, 0.25) is 5.91 Å². The Balaban J connectivity index is 3.36. The number of hydrogen-bond donors (Lipinski definition) is 3. The number of unbranched alkanes of at least 4 members (excludes halogenated alkanes) is 41. The Labute approximate surface area is 455 Å². The molecule has 2 unspecified atom stereocenters. The van der Waals surface area contributed by atoms with Crippen LogP contribution in [0.5, 0.6) is 0 Å². The molecule has 0 heterocycles. The quantitative estimate of drug-likeness (QED) is 0.0320. The smallest absolute Gasteiger partial charge is 0.305 e. The summed E-state index contributed by atoms with van der Waals surface area (Å²) in [4.78, 5) is 24.5. The molecule has 0 rings (SSSR count). The number of aliphatic hydroxyl groups is 2. The minimum Gasteiger partial charge on any atom is -0.466 e. The topological polar surface area (TPSA) is 95.9 Å². The Hall–Kier alpha value is -2.18. The van der Waals surface area contributed by atoms with Crippen LogP contribution in [0.1, 0.15) is 341 Å². The Kier molecular flexibility index (Phi) is 60.5. The Morgan fingerprint density at radius 3 is 1.08 bits per heavy atom. The number of hydrogen-bond acceptors (Lipinski definition) is 5. The van der Waals surface area contributed by atoms with Crippen LogP contribution in [0, 0.1) is 0 Å². The van der Waals surface area contributed by atoms with E-state index in [9.17, 15) is 19.8 Å². The van der Waals surface area contributed by atoms with Crippen LogP contribution in [0.25, 0.3) is 0 Å². The second-order valence-electron chi connectivity index (χ2n) is 22.1. The van der Waals surface area contributed by atoms with E-state index in [0.717, 1.165) is 57.8 Å². The molecule has 0 aromatic rings. The number of amides is 1. The van der Waals surface area contributed by atoms with Crippen molar-refractivity contribution < 1.29 is 24.5 Å². The highest BCUT2D eigenvalue weighted by Gasteiger charge is 2.20. The lowest BCUT2D eigenvalue weighted by molar-refractivity contribution is -0.143. The van der Waals surface area contributed by atoms with Gasteiger partial charge in [0.15, 0.2) is 0 Å². The highest BCUT2D eigenvalue weighted by Crippen LogP contribution is 2.17. The molecule has 0 saturated heterocycles. The number of ether oxygens (including phenoxy) is 1. The van der Waals surface area contributed by atoms with Gasteiger partial charge < -0.3 is 20.3 Å². The molecule has 0 aliphatic carbocycles. The number of allylic oxidation sites excluding steroid dienone is 8. The Morgan fingerprint density at radius 1 is 0.384 bits per heavy atom. The minimum atomic E-state index is -0.661. The van der Waals surface area contributed by atoms with Gasteiger partial charge in [0.25, 0.3) is 0 Å². The molecule has 73 heavy (non-hydrogen) atoms. The first-order valence-corrected chi connectivity index (χ1v) is 32.4. The van der Waals surface area contributed by atoms with E-state index in [1.54, 1.807) is 0 Å². The third kappa shape index (κ3) is 58.9. The number of aliphatic hydroxyl groups excluding tert-OH is 2. The van der Waals surface area contributed by atoms with Crippen molar-refractivity contribution in [3.8, 4) is 0 Å². The zero-order chi connectivity index (χ0) is 52.9.